The lowest BCUT2D eigenvalue weighted by Gasteiger charge is -2.24. The van der Waals surface area contributed by atoms with Gasteiger partial charge in [0.15, 0.2) is 0 Å². The van der Waals surface area contributed by atoms with Crippen molar-refractivity contribution < 1.29 is 9.84 Å². The first-order valence-corrected chi connectivity index (χ1v) is 8.68. The normalized spacial score (nSPS) is 19.5. The molecule has 0 spiro atoms. The van der Waals surface area contributed by atoms with Crippen LogP contribution in [0.25, 0.3) is 0 Å². The summed E-state index contributed by atoms with van der Waals surface area (Å²) in [6, 6.07) is 14.3. The quantitative estimate of drug-likeness (QED) is 0.874. The highest BCUT2D eigenvalue weighted by Crippen LogP contribution is 2.34. The van der Waals surface area contributed by atoms with Crippen molar-refractivity contribution in [2.45, 2.75) is 45.8 Å². The SMILES string of the molecule is CC.CC1(c2ccc(NCc3ccccc3)nc2CO)CCOC1. The Bertz CT molecular complexity index is 623. The molecule has 4 nitrogen and oxygen atoms in total. The zero-order chi connectivity index (χ0) is 17.4. The monoisotopic (exact) mass is 328 g/mol. The summed E-state index contributed by atoms with van der Waals surface area (Å²) in [5.41, 5.74) is 3.00. The fourth-order valence-electron chi connectivity index (χ4n) is 2.94. The number of nitrogens with one attached hydrogen (secondary N) is 1. The fraction of sp³-hybridized carbons (Fsp3) is 0.450. The van der Waals surface area contributed by atoms with Crippen LogP contribution in [0.3, 0.4) is 0 Å². The second kappa shape index (κ2) is 8.81. The Hall–Kier alpha value is -1.91. The number of rotatable bonds is 5. The highest BCUT2D eigenvalue weighted by atomic mass is 16.5. The molecule has 1 aliphatic heterocycles. The molecular weight excluding hydrogens is 300 g/mol. The average molecular weight is 328 g/mol. The molecule has 1 saturated heterocycles. The van der Waals surface area contributed by atoms with Gasteiger partial charge in [-0.25, -0.2) is 4.98 Å². The zero-order valence-electron chi connectivity index (χ0n) is 14.9. The molecule has 1 aromatic heterocycles. The van der Waals surface area contributed by atoms with Crippen LogP contribution in [0.2, 0.25) is 0 Å². The summed E-state index contributed by atoms with van der Waals surface area (Å²) >= 11 is 0. The molecular formula is C20H28N2O2. The average Bonchev–Trinajstić information content (AvgIpc) is 3.10. The van der Waals surface area contributed by atoms with Gasteiger partial charge in [0, 0.05) is 18.6 Å². The zero-order valence-corrected chi connectivity index (χ0v) is 14.9. The van der Waals surface area contributed by atoms with Gasteiger partial charge in [0.05, 0.1) is 18.9 Å². The third-order valence-corrected chi connectivity index (χ3v) is 4.31. The minimum atomic E-state index is -0.0498. The van der Waals surface area contributed by atoms with Crippen molar-refractivity contribution in [1.29, 1.82) is 0 Å². The molecule has 0 saturated carbocycles. The van der Waals surface area contributed by atoms with Crippen molar-refractivity contribution in [3.05, 3.63) is 59.3 Å². The van der Waals surface area contributed by atoms with Crippen molar-refractivity contribution in [3.8, 4) is 0 Å². The smallest absolute Gasteiger partial charge is 0.126 e. The molecule has 1 fully saturated rings. The number of aromatic nitrogens is 1. The van der Waals surface area contributed by atoms with E-state index in [-0.39, 0.29) is 12.0 Å². The molecule has 0 bridgehead atoms. The lowest BCUT2D eigenvalue weighted by Crippen LogP contribution is -2.24. The number of ether oxygens (including phenoxy) is 1. The molecule has 1 atom stereocenters. The van der Waals surface area contributed by atoms with Gasteiger partial charge < -0.3 is 15.2 Å². The van der Waals surface area contributed by atoms with Crippen molar-refractivity contribution in [2.24, 2.45) is 0 Å². The van der Waals surface area contributed by atoms with Crippen LogP contribution in [0.15, 0.2) is 42.5 Å². The van der Waals surface area contributed by atoms with Crippen LogP contribution in [0.4, 0.5) is 5.82 Å². The summed E-state index contributed by atoms with van der Waals surface area (Å²) in [6.45, 7) is 8.31. The summed E-state index contributed by atoms with van der Waals surface area (Å²) in [4.78, 5) is 4.58. The first-order valence-electron chi connectivity index (χ1n) is 8.68. The van der Waals surface area contributed by atoms with Crippen molar-refractivity contribution in [1.82, 2.24) is 4.98 Å². The van der Waals surface area contributed by atoms with Gasteiger partial charge in [0.2, 0.25) is 0 Å². The lowest BCUT2D eigenvalue weighted by atomic mass is 9.81. The molecule has 2 N–H and O–H groups in total. The largest absolute Gasteiger partial charge is 0.390 e. The number of hydrogen-bond acceptors (Lipinski definition) is 4. The van der Waals surface area contributed by atoms with Gasteiger partial charge in [0.25, 0.3) is 0 Å². The van der Waals surface area contributed by atoms with Gasteiger partial charge in [0.1, 0.15) is 5.82 Å². The maximum Gasteiger partial charge on any atom is 0.126 e. The number of nitrogens with zero attached hydrogens (tertiary/aromatic N) is 1. The Balaban J connectivity index is 0.00000100. The van der Waals surface area contributed by atoms with E-state index in [1.807, 2.05) is 38.1 Å². The van der Waals surface area contributed by atoms with Crippen molar-refractivity contribution in [2.75, 3.05) is 18.5 Å². The van der Waals surface area contributed by atoms with E-state index in [0.29, 0.717) is 6.61 Å². The molecule has 130 valence electrons. The molecule has 24 heavy (non-hydrogen) atoms. The van der Waals surface area contributed by atoms with E-state index in [2.05, 4.69) is 35.4 Å². The molecule has 0 radical (unpaired) electrons. The maximum atomic E-state index is 9.67. The summed E-state index contributed by atoms with van der Waals surface area (Å²) in [7, 11) is 0. The van der Waals surface area contributed by atoms with E-state index in [0.717, 1.165) is 36.6 Å². The van der Waals surface area contributed by atoms with Crippen LogP contribution in [0, 0.1) is 0 Å². The maximum absolute atomic E-state index is 9.67. The highest BCUT2D eigenvalue weighted by Gasteiger charge is 2.34. The van der Waals surface area contributed by atoms with E-state index < -0.39 is 0 Å². The predicted octanol–water partition coefficient (Wildman–Crippen LogP) is 3.89. The van der Waals surface area contributed by atoms with E-state index in [1.165, 1.54) is 5.56 Å². The summed E-state index contributed by atoms with van der Waals surface area (Å²) < 4.78 is 5.52. The number of hydrogen-bond donors (Lipinski definition) is 2. The van der Waals surface area contributed by atoms with E-state index in [1.54, 1.807) is 0 Å². The number of benzene rings is 1. The molecule has 1 aromatic carbocycles. The van der Waals surface area contributed by atoms with E-state index >= 15 is 0 Å². The van der Waals surface area contributed by atoms with Gasteiger partial charge in [-0.15, -0.1) is 0 Å². The predicted molar refractivity (Wildman–Crippen MR) is 98.1 cm³/mol. The first-order chi connectivity index (χ1) is 11.7. The Morgan fingerprint density at radius 1 is 1.17 bits per heavy atom. The van der Waals surface area contributed by atoms with Crippen molar-refractivity contribution >= 4 is 5.82 Å². The van der Waals surface area contributed by atoms with Gasteiger partial charge in [-0.05, 0) is 23.6 Å². The lowest BCUT2D eigenvalue weighted by molar-refractivity contribution is 0.179. The molecule has 0 amide bonds. The van der Waals surface area contributed by atoms with Gasteiger partial charge >= 0.3 is 0 Å². The van der Waals surface area contributed by atoms with Crippen LogP contribution in [-0.2, 0) is 23.3 Å². The number of pyridine rings is 1. The Labute approximate surface area is 144 Å². The van der Waals surface area contributed by atoms with Gasteiger partial charge in [-0.3, -0.25) is 0 Å². The number of anilines is 1. The minimum Gasteiger partial charge on any atom is -0.390 e. The summed E-state index contributed by atoms with van der Waals surface area (Å²) in [6.07, 6.45) is 0.971. The molecule has 2 heterocycles. The van der Waals surface area contributed by atoms with Crippen LogP contribution in [0.1, 0.15) is 44.0 Å². The molecule has 2 aromatic rings. The minimum absolute atomic E-state index is 0.0387. The van der Waals surface area contributed by atoms with Gasteiger partial charge in [-0.1, -0.05) is 57.2 Å². The highest BCUT2D eigenvalue weighted by molar-refractivity contribution is 5.42. The summed E-state index contributed by atoms with van der Waals surface area (Å²) in [5.74, 6) is 0.791. The summed E-state index contributed by atoms with van der Waals surface area (Å²) in [5, 5.41) is 13.0. The Kier molecular flexibility index (Phi) is 6.76. The van der Waals surface area contributed by atoms with Crippen molar-refractivity contribution in [3.63, 3.8) is 0 Å². The standard InChI is InChI=1S/C18H22N2O2.C2H6/c1-18(9-10-22-13-18)15-7-8-17(20-16(15)12-21)19-11-14-5-3-2-4-6-14;1-2/h2-8,21H,9-13H2,1H3,(H,19,20);1-2H3. The van der Waals surface area contributed by atoms with E-state index in [9.17, 15) is 5.11 Å². The molecule has 1 aliphatic rings. The number of aliphatic hydroxyl groups excluding tert-OH is 1. The van der Waals surface area contributed by atoms with E-state index in [4.69, 9.17) is 4.74 Å². The van der Waals surface area contributed by atoms with Crippen LogP contribution in [-0.4, -0.2) is 23.3 Å². The fourth-order valence-corrected chi connectivity index (χ4v) is 2.94. The number of aliphatic hydroxyl groups is 1. The van der Waals surface area contributed by atoms with Gasteiger partial charge in [-0.2, -0.15) is 0 Å². The Morgan fingerprint density at radius 3 is 2.54 bits per heavy atom. The molecule has 3 rings (SSSR count). The Morgan fingerprint density at radius 2 is 1.92 bits per heavy atom. The van der Waals surface area contributed by atoms with Crippen LogP contribution in [0.5, 0.6) is 0 Å². The van der Waals surface area contributed by atoms with Crippen LogP contribution < -0.4 is 5.32 Å². The second-order valence-electron chi connectivity index (χ2n) is 6.05. The second-order valence-corrected chi connectivity index (χ2v) is 6.05. The first kappa shape index (κ1) is 18.4. The third kappa shape index (κ3) is 4.34. The van der Waals surface area contributed by atoms with Crippen LogP contribution >= 0.6 is 0 Å². The molecule has 0 aliphatic carbocycles. The molecule has 1 unspecified atom stereocenters. The topological polar surface area (TPSA) is 54.4 Å². The third-order valence-electron chi connectivity index (χ3n) is 4.31. The molecule has 4 heteroatoms.